The lowest BCUT2D eigenvalue weighted by Crippen LogP contribution is -2.38. The number of pyridine rings is 1. The topological polar surface area (TPSA) is 89.3 Å². The molecule has 1 aliphatic carbocycles. The molecule has 1 aliphatic rings. The molecule has 18 heavy (non-hydrogen) atoms. The van der Waals surface area contributed by atoms with Crippen molar-refractivity contribution < 1.29 is 9.53 Å². The lowest BCUT2D eigenvalue weighted by molar-refractivity contribution is -0.121. The van der Waals surface area contributed by atoms with E-state index in [4.69, 9.17) is 10.5 Å². The van der Waals surface area contributed by atoms with E-state index in [-0.39, 0.29) is 11.9 Å². The highest BCUT2D eigenvalue weighted by Crippen LogP contribution is 2.21. The SMILES string of the molecule is COc1nc(NC(C)C(=O)NC2CC2)ccc1N. The van der Waals surface area contributed by atoms with E-state index in [2.05, 4.69) is 15.6 Å². The Kier molecular flexibility index (Phi) is 3.55. The zero-order valence-electron chi connectivity index (χ0n) is 10.6. The molecule has 1 saturated carbocycles. The molecule has 6 heteroatoms. The molecule has 1 fully saturated rings. The van der Waals surface area contributed by atoms with Crippen molar-refractivity contribution in [1.82, 2.24) is 10.3 Å². The normalized spacial score (nSPS) is 15.9. The lowest BCUT2D eigenvalue weighted by Gasteiger charge is -2.15. The average Bonchev–Trinajstić information content (AvgIpc) is 3.15. The largest absolute Gasteiger partial charge is 0.479 e. The highest BCUT2D eigenvalue weighted by molar-refractivity contribution is 5.84. The molecule has 0 saturated heterocycles. The molecule has 1 aromatic heterocycles. The van der Waals surface area contributed by atoms with Crippen LogP contribution in [0.2, 0.25) is 0 Å². The van der Waals surface area contributed by atoms with Gasteiger partial charge in [0.05, 0.1) is 12.8 Å². The monoisotopic (exact) mass is 250 g/mol. The first kappa shape index (κ1) is 12.5. The minimum atomic E-state index is -0.341. The fourth-order valence-electron chi connectivity index (χ4n) is 1.54. The van der Waals surface area contributed by atoms with Crippen molar-refractivity contribution >= 4 is 17.4 Å². The van der Waals surface area contributed by atoms with E-state index in [1.165, 1.54) is 7.11 Å². The van der Waals surface area contributed by atoms with Crippen LogP contribution in [0.25, 0.3) is 0 Å². The van der Waals surface area contributed by atoms with Crippen molar-refractivity contribution in [3.05, 3.63) is 12.1 Å². The van der Waals surface area contributed by atoms with Crippen molar-refractivity contribution in [2.75, 3.05) is 18.2 Å². The third-order valence-corrected chi connectivity index (χ3v) is 2.76. The lowest BCUT2D eigenvalue weighted by atomic mass is 10.3. The molecule has 0 aliphatic heterocycles. The van der Waals surface area contributed by atoms with E-state index in [1.807, 2.05) is 0 Å². The minimum absolute atomic E-state index is 0.0184. The maximum Gasteiger partial charge on any atom is 0.242 e. The van der Waals surface area contributed by atoms with Gasteiger partial charge in [-0.3, -0.25) is 4.79 Å². The highest BCUT2D eigenvalue weighted by Gasteiger charge is 2.25. The molecule has 1 amide bonds. The zero-order valence-corrected chi connectivity index (χ0v) is 10.6. The highest BCUT2D eigenvalue weighted by atomic mass is 16.5. The number of hydrogen-bond donors (Lipinski definition) is 3. The van der Waals surface area contributed by atoms with Gasteiger partial charge in [-0.05, 0) is 31.9 Å². The van der Waals surface area contributed by atoms with Crippen molar-refractivity contribution in [1.29, 1.82) is 0 Å². The summed E-state index contributed by atoms with van der Waals surface area (Å²) in [5.74, 6) is 0.907. The van der Waals surface area contributed by atoms with Crippen LogP contribution in [0.1, 0.15) is 19.8 Å². The molecule has 4 N–H and O–H groups in total. The van der Waals surface area contributed by atoms with Gasteiger partial charge in [-0.2, -0.15) is 4.98 Å². The number of nitrogens with one attached hydrogen (secondary N) is 2. The molecule has 0 aromatic carbocycles. The fourth-order valence-corrected chi connectivity index (χ4v) is 1.54. The number of rotatable bonds is 5. The predicted octanol–water partition coefficient (Wildman–Crippen LogP) is 0.751. The molecule has 6 nitrogen and oxygen atoms in total. The molecule has 0 spiro atoms. The predicted molar refractivity (Wildman–Crippen MR) is 69.5 cm³/mol. The van der Waals surface area contributed by atoms with E-state index < -0.39 is 0 Å². The number of amides is 1. The van der Waals surface area contributed by atoms with E-state index in [0.717, 1.165) is 12.8 Å². The number of methoxy groups -OCH3 is 1. The first-order valence-electron chi connectivity index (χ1n) is 5.97. The van der Waals surface area contributed by atoms with Crippen molar-refractivity contribution in [2.45, 2.75) is 31.8 Å². The summed E-state index contributed by atoms with van der Waals surface area (Å²) in [6.45, 7) is 1.79. The number of hydrogen-bond acceptors (Lipinski definition) is 5. The van der Waals surface area contributed by atoms with Crippen LogP contribution in [-0.2, 0) is 4.79 Å². The number of ether oxygens (including phenoxy) is 1. The molecule has 1 heterocycles. The van der Waals surface area contributed by atoms with Crippen LogP contribution in [0.4, 0.5) is 11.5 Å². The number of carbonyl (C=O) groups is 1. The van der Waals surface area contributed by atoms with Crippen LogP contribution in [0.5, 0.6) is 5.88 Å². The number of nitrogens with two attached hydrogens (primary N) is 1. The van der Waals surface area contributed by atoms with Gasteiger partial charge in [-0.1, -0.05) is 0 Å². The summed E-state index contributed by atoms with van der Waals surface area (Å²) >= 11 is 0. The summed E-state index contributed by atoms with van der Waals surface area (Å²) in [6.07, 6.45) is 2.15. The van der Waals surface area contributed by atoms with Gasteiger partial charge in [0.15, 0.2) is 0 Å². The first-order valence-corrected chi connectivity index (χ1v) is 5.97. The van der Waals surface area contributed by atoms with E-state index in [9.17, 15) is 4.79 Å². The number of nitrogens with zero attached hydrogens (tertiary/aromatic N) is 1. The van der Waals surface area contributed by atoms with Gasteiger partial charge >= 0.3 is 0 Å². The average molecular weight is 250 g/mol. The minimum Gasteiger partial charge on any atom is -0.479 e. The Balaban J connectivity index is 1.96. The summed E-state index contributed by atoms with van der Waals surface area (Å²) in [5, 5.41) is 5.95. The summed E-state index contributed by atoms with van der Waals surface area (Å²) in [5.41, 5.74) is 6.14. The van der Waals surface area contributed by atoms with Crippen LogP contribution in [0.15, 0.2) is 12.1 Å². The summed E-state index contributed by atoms with van der Waals surface area (Å²) in [7, 11) is 1.51. The molecule has 2 rings (SSSR count). The Hall–Kier alpha value is -1.98. The van der Waals surface area contributed by atoms with Crippen molar-refractivity contribution in [3.8, 4) is 5.88 Å². The quantitative estimate of drug-likeness (QED) is 0.717. The van der Waals surface area contributed by atoms with Gasteiger partial charge in [0, 0.05) is 6.04 Å². The van der Waals surface area contributed by atoms with Gasteiger partial charge in [0.2, 0.25) is 11.8 Å². The summed E-state index contributed by atoms with van der Waals surface area (Å²) < 4.78 is 5.03. The second-order valence-electron chi connectivity index (χ2n) is 4.44. The standard InChI is InChI=1S/C12H18N4O2/c1-7(11(17)15-8-3-4-8)14-10-6-5-9(13)12(16-10)18-2/h5-8H,3-4,13H2,1-2H3,(H,14,16)(H,15,17). The molecule has 0 bridgehead atoms. The molecule has 1 aromatic rings. The third-order valence-electron chi connectivity index (χ3n) is 2.76. The number of nitrogen functional groups attached to an aromatic ring is 1. The number of aromatic nitrogens is 1. The Bertz CT molecular complexity index is 446. The Morgan fingerprint density at radius 2 is 2.28 bits per heavy atom. The Morgan fingerprint density at radius 3 is 2.89 bits per heavy atom. The molecule has 0 radical (unpaired) electrons. The van der Waals surface area contributed by atoms with Gasteiger partial charge in [0.25, 0.3) is 0 Å². The van der Waals surface area contributed by atoms with Crippen molar-refractivity contribution in [2.24, 2.45) is 0 Å². The van der Waals surface area contributed by atoms with Crippen molar-refractivity contribution in [3.63, 3.8) is 0 Å². The maximum absolute atomic E-state index is 11.8. The van der Waals surface area contributed by atoms with Gasteiger partial charge < -0.3 is 21.1 Å². The fraction of sp³-hybridized carbons (Fsp3) is 0.500. The van der Waals surface area contributed by atoms with Crippen LogP contribution in [0, 0.1) is 0 Å². The Labute approximate surface area is 106 Å². The maximum atomic E-state index is 11.8. The molecular weight excluding hydrogens is 232 g/mol. The van der Waals surface area contributed by atoms with E-state index in [1.54, 1.807) is 19.1 Å². The van der Waals surface area contributed by atoms with Gasteiger partial charge in [-0.25, -0.2) is 0 Å². The first-order chi connectivity index (χ1) is 8.60. The molecule has 1 unspecified atom stereocenters. The van der Waals surface area contributed by atoms with E-state index in [0.29, 0.717) is 23.4 Å². The zero-order chi connectivity index (χ0) is 13.1. The molecule has 98 valence electrons. The van der Waals surface area contributed by atoms with Crippen LogP contribution in [-0.4, -0.2) is 30.1 Å². The second-order valence-corrected chi connectivity index (χ2v) is 4.44. The van der Waals surface area contributed by atoms with Crippen LogP contribution < -0.4 is 21.1 Å². The van der Waals surface area contributed by atoms with Gasteiger partial charge in [0.1, 0.15) is 11.9 Å². The molecular formula is C12H18N4O2. The number of carbonyl (C=O) groups excluding carboxylic acids is 1. The van der Waals surface area contributed by atoms with E-state index >= 15 is 0 Å². The third kappa shape index (κ3) is 3.03. The number of anilines is 2. The second kappa shape index (κ2) is 5.12. The smallest absolute Gasteiger partial charge is 0.242 e. The van der Waals surface area contributed by atoms with Crippen LogP contribution in [0.3, 0.4) is 0 Å². The molecule has 1 atom stereocenters. The van der Waals surface area contributed by atoms with Crippen LogP contribution >= 0.6 is 0 Å². The Morgan fingerprint density at radius 1 is 1.56 bits per heavy atom. The summed E-state index contributed by atoms with van der Waals surface area (Å²) in [4.78, 5) is 15.9. The van der Waals surface area contributed by atoms with Gasteiger partial charge in [-0.15, -0.1) is 0 Å². The summed E-state index contributed by atoms with van der Waals surface area (Å²) in [6, 6.07) is 3.43.